The van der Waals surface area contributed by atoms with Gasteiger partial charge in [-0.3, -0.25) is 0 Å². The molecule has 0 fully saturated rings. The van der Waals surface area contributed by atoms with E-state index in [1.165, 1.54) is 6.07 Å². The highest BCUT2D eigenvalue weighted by molar-refractivity contribution is 5.17. The van der Waals surface area contributed by atoms with E-state index in [0.29, 0.717) is 19.1 Å². The average molecular weight is 211 g/mol. The number of methoxy groups -OCH3 is 1. The normalized spacial score (nSPS) is 12.7. The minimum atomic E-state index is -0.126. The van der Waals surface area contributed by atoms with Gasteiger partial charge in [0.05, 0.1) is 6.61 Å². The maximum Gasteiger partial charge on any atom is 0.126 e. The van der Waals surface area contributed by atoms with E-state index in [9.17, 15) is 4.39 Å². The Morgan fingerprint density at radius 3 is 2.80 bits per heavy atom. The van der Waals surface area contributed by atoms with Crippen LogP contribution in [0.25, 0.3) is 0 Å². The number of rotatable bonds is 6. The predicted octanol–water partition coefficient (Wildman–Crippen LogP) is 1.99. The van der Waals surface area contributed by atoms with Gasteiger partial charge in [-0.1, -0.05) is 18.2 Å². The summed E-state index contributed by atoms with van der Waals surface area (Å²) in [5.74, 6) is -0.126. The van der Waals surface area contributed by atoms with Crippen molar-refractivity contribution in [3.8, 4) is 0 Å². The first kappa shape index (κ1) is 12.1. The summed E-state index contributed by atoms with van der Waals surface area (Å²) < 4.78 is 18.2. The van der Waals surface area contributed by atoms with Crippen LogP contribution >= 0.6 is 0 Å². The minimum Gasteiger partial charge on any atom is -0.383 e. The first-order valence-corrected chi connectivity index (χ1v) is 5.19. The lowest BCUT2D eigenvalue weighted by Crippen LogP contribution is -2.31. The van der Waals surface area contributed by atoms with Gasteiger partial charge in [0.1, 0.15) is 5.82 Å². The molecular formula is C12H18FNO. The number of hydrogen-bond donors (Lipinski definition) is 1. The van der Waals surface area contributed by atoms with Gasteiger partial charge in [-0.25, -0.2) is 4.39 Å². The SMILES string of the molecule is COCC(C)NCCc1ccccc1F. The summed E-state index contributed by atoms with van der Waals surface area (Å²) in [4.78, 5) is 0. The van der Waals surface area contributed by atoms with Crippen molar-refractivity contribution in [1.29, 1.82) is 0 Å². The summed E-state index contributed by atoms with van der Waals surface area (Å²) >= 11 is 0. The lowest BCUT2D eigenvalue weighted by atomic mass is 10.1. The van der Waals surface area contributed by atoms with E-state index in [2.05, 4.69) is 5.32 Å². The van der Waals surface area contributed by atoms with E-state index in [1.807, 2.05) is 19.1 Å². The quantitative estimate of drug-likeness (QED) is 0.777. The minimum absolute atomic E-state index is 0.126. The molecule has 2 nitrogen and oxygen atoms in total. The molecule has 0 aliphatic heterocycles. The molecule has 0 saturated carbocycles. The van der Waals surface area contributed by atoms with E-state index in [0.717, 1.165) is 12.1 Å². The van der Waals surface area contributed by atoms with E-state index >= 15 is 0 Å². The van der Waals surface area contributed by atoms with Crippen molar-refractivity contribution in [2.45, 2.75) is 19.4 Å². The summed E-state index contributed by atoms with van der Waals surface area (Å²) in [5.41, 5.74) is 0.759. The second-order valence-electron chi connectivity index (χ2n) is 3.65. The highest BCUT2D eigenvalue weighted by Crippen LogP contribution is 2.06. The molecule has 0 bridgehead atoms. The molecule has 0 aliphatic rings. The summed E-state index contributed by atoms with van der Waals surface area (Å²) in [6.07, 6.45) is 0.709. The molecule has 1 rings (SSSR count). The zero-order valence-corrected chi connectivity index (χ0v) is 9.29. The number of ether oxygens (including phenoxy) is 1. The number of halogens is 1. The average Bonchev–Trinajstić information content (AvgIpc) is 2.21. The molecule has 0 radical (unpaired) electrons. The van der Waals surface area contributed by atoms with Crippen LogP contribution in [0.3, 0.4) is 0 Å². The van der Waals surface area contributed by atoms with Crippen molar-refractivity contribution in [3.05, 3.63) is 35.6 Å². The first-order valence-electron chi connectivity index (χ1n) is 5.19. The predicted molar refractivity (Wildman–Crippen MR) is 59.4 cm³/mol. The van der Waals surface area contributed by atoms with Crippen LogP contribution < -0.4 is 5.32 Å². The van der Waals surface area contributed by atoms with Crippen LogP contribution in [0.2, 0.25) is 0 Å². The van der Waals surface area contributed by atoms with E-state index < -0.39 is 0 Å². The Labute approximate surface area is 90.4 Å². The molecule has 0 aliphatic carbocycles. The zero-order chi connectivity index (χ0) is 11.1. The second kappa shape index (κ2) is 6.53. The molecule has 1 aromatic carbocycles. The van der Waals surface area contributed by atoms with Gasteiger partial charge in [0.15, 0.2) is 0 Å². The van der Waals surface area contributed by atoms with Crippen molar-refractivity contribution in [3.63, 3.8) is 0 Å². The molecule has 0 amide bonds. The fourth-order valence-corrected chi connectivity index (χ4v) is 1.46. The van der Waals surface area contributed by atoms with E-state index in [-0.39, 0.29) is 5.82 Å². The van der Waals surface area contributed by atoms with Crippen LogP contribution in [0.5, 0.6) is 0 Å². The molecule has 0 spiro atoms. The molecule has 0 saturated heterocycles. The summed E-state index contributed by atoms with van der Waals surface area (Å²) in [6.45, 7) is 3.49. The molecular weight excluding hydrogens is 193 g/mol. The summed E-state index contributed by atoms with van der Waals surface area (Å²) in [7, 11) is 1.68. The van der Waals surface area contributed by atoms with Crippen molar-refractivity contribution in [2.24, 2.45) is 0 Å². The van der Waals surface area contributed by atoms with Crippen LogP contribution in [-0.2, 0) is 11.2 Å². The third-order valence-corrected chi connectivity index (χ3v) is 2.26. The van der Waals surface area contributed by atoms with Gasteiger partial charge < -0.3 is 10.1 Å². The fourth-order valence-electron chi connectivity index (χ4n) is 1.46. The van der Waals surface area contributed by atoms with Gasteiger partial charge in [-0.2, -0.15) is 0 Å². The highest BCUT2D eigenvalue weighted by atomic mass is 19.1. The molecule has 1 atom stereocenters. The van der Waals surface area contributed by atoms with Gasteiger partial charge >= 0.3 is 0 Å². The van der Waals surface area contributed by atoms with Gasteiger partial charge in [0, 0.05) is 13.2 Å². The van der Waals surface area contributed by atoms with Crippen molar-refractivity contribution < 1.29 is 9.13 Å². The topological polar surface area (TPSA) is 21.3 Å². The fraction of sp³-hybridized carbons (Fsp3) is 0.500. The van der Waals surface area contributed by atoms with Crippen LogP contribution in [0.1, 0.15) is 12.5 Å². The Bertz CT molecular complexity index is 291. The van der Waals surface area contributed by atoms with Gasteiger partial charge in [-0.05, 0) is 31.5 Å². The maximum atomic E-state index is 13.2. The van der Waals surface area contributed by atoms with Crippen molar-refractivity contribution in [2.75, 3.05) is 20.3 Å². The smallest absolute Gasteiger partial charge is 0.126 e. The Balaban J connectivity index is 2.29. The largest absolute Gasteiger partial charge is 0.383 e. The summed E-state index contributed by atoms with van der Waals surface area (Å²) in [6, 6.07) is 7.18. The zero-order valence-electron chi connectivity index (χ0n) is 9.29. The van der Waals surface area contributed by atoms with Crippen LogP contribution in [-0.4, -0.2) is 26.3 Å². The van der Waals surface area contributed by atoms with Crippen molar-refractivity contribution in [1.82, 2.24) is 5.32 Å². The highest BCUT2D eigenvalue weighted by Gasteiger charge is 2.02. The Hall–Kier alpha value is -0.930. The molecule has 0 aromatic heterocycles. The monoisotopic (exact) mass is 211 g/mol. The maximum absolute atomic E-state index is 13.2. The standard InChI is InChI=1S/C12H18FNO/c1-10(9-15-2)14-8-7-11-5-3-4-6-12(11)13/h3-6,10,14H,7-9H2,1-2H3. The van der Waals surface area contributed by atoms with Crippen molar-refractivity contribution >= 4 is 0 Å². The lowest BCUT2D eigenvalue weighted by Gasteiger charge is -2.12. The third-order valence-electron chi connectivity index (χ3n) is 2.26. The molecule has 1 N–H and O–H groups in total. The molecule has 1 aromatic rings. The molecule has 3 heteroatoms. The number of benzene rings is 1. The van der Waals surface area contributed by atoms with Gasteiger partial charge in [0.25, 0.3) is 0 Å². The lowest BCUT2D eigenvalue weighted by molar-refractivity contribution is 0.172. The molecule has 0 heterocycles. The van der Waals surface area contributed by atoms with Crippen LogP contribution in [0.4, 0.5) is 4.39 Å². The number of hydrogen-bond acceptors (Lipinski definition) is 2. The summed E-state index contributed by atoms with van der Waals surface area (Å²) in [5, 5.41) is 3.27. The molecule has 15 heavy (non-hydrogen) atoms. The van der Waals surface area contributed by atoms with E-state index in [1.54, 1.807) is 13.2 Å². The molecule has 84 valence electrons. The Morgan fingerprint density at radius 1 is 1.40 bits per heavy atom. The Kier molecular flexibility index (Phi) is 5.29. The second-order valence-corrected chi connectivity index (χ2v) is 3.65. The van der Waals surface area contributed by atoms with Crippen LogP contribution in [0.15, 0.2) is 24.3 Å². The van der Waals surface area contributed by atoms with Crippen LogP contribution in [0, 0.1) is 5.82 Å². The van der Waals surface area contributed by atoms with Gasteiger partial charge in [-0.15, -0.1) is 0 Å². The molecule has 1 unspecified atom stereocenters. The van der Waals surface area contributed by atoms with Gasteiger partial charge in [0.2, 0.25) is 0 Å². The Morgan fingerprint density at radius 2 is 2.13 bits per heavy atom. The number of nitrogens with one attached hydrogen (secondary N) is 1. The third kappa shape index (κ3) is 4.40. The van der Waals surface area contributed by atoms with E-state index in [4.69, 9.17) is 4.74 Å². The first-order chi connectivity index (χ1) is 7.24.